The molecular weight excluding hydrogens is 410 g/mol. The largest absolute Gasteiger partial charge is 0.361 e. The van der Waals surface area contributed by atoms with Crippen LogP contribution in [-0.2, 0) is 6.42 Å². The van der Waals surface area contributed by atoms with Gasteiger partial charge in [-0.2, -0.15) is 0 Å². The summed E-state index contributed by atoms with van der Waals surface area (Å²) < 4.78 is 0. The van der Waals surface area contributed by atoms with Crippen molar-refractivity contribution in [1.82, 2.24) is 10.2 Å². The summed E-state index contributed by atoms with van der Waals surface area (Å²) in [5.74, 6) is -0.0364. The van der Waals surface area contributed by atoms with Crippen molar-refractivity contribution < 1.29 is 9.59 Å². The number of benzene rings is 3. The molecule has 1 aliphatic rings. The predicted molar refractivity (Wildman–Crippen MR) is 132 cm³/mol. The second kappa shape index (κ2) is 9.90. The summed E-state index contributed by atoms with van der Waals surface area (Å²) in [6, 6.07) is 25.7. The number of nitrogens with zero attached hydrogens (tertiary/aromatic N) is 1. The average molecular weight is 442 g/mol. The van der Waals surface area contributed by atoms with E-state index in [9.17, 15) is 9.59 Å². The summed E-state index contributed by atoms with van der Waals surface area (Å²) >= 11 is 0. The molecule has 3 aromatic rings. The van der Waals surface area contributed by atoms with Crippen molar-refractivity contribution in [2.75, 3.05) is 5.32 Å². The van der Waals surface area contributed by atoms with Crippen LogP contribution in [0.25, 0.3) is 0 Å². The number of amides is 2. The van der Waals surface area contributed by atoms with Crippen LogP contribution in [-0.4, -0.2) is 28.8 Å². The minimum atomic E-state index is -0.255. The average Bonchev–Trinajstić information content (AvgIpc) is 3.10. The van der Waals surface area contributed by atoms with Gasteiger partial charge in [0.1, 0.15) is 6.17 Å². The molecular formula is C28H31N3O2. The zero-order chi connectivity index (χ0) is 23.4. The quantitative estimate of drug-likeness (QED) is 0.491. The minimum absolute atomic E-state index is 0.0524. The van der Waals surface area contributed by atoms with Gasteiger partial charge in [0, 0.05) is 34.5 Å². The summed E-state index contributed by atoms with van der Waals surface area (Å²) in [7, 11) is 0. The van der Waals surface area contributed by atoms with Crippen LogP contribution in [0.3, 0.4) is 0 Å². The van der Waals surface area contributed by atoms with E-state index in [0.29, 0.717) is 5.56 Å². The molecule has 3 aromatic carbocycles. The van der Waals surface area contributed by atoms with Gasteiger partial charge in [0.05, 0.1) is 0 Å². The van der Waals surface area contributed by atoms with Gasteiger partial charge in [-0.1, -0.05) is 48.5 Å². The third kappa shape index (κ3) is 5.08. The molecule has 0 fully saturated rings. The van der Waals surface area contributed by atoms with Crippen molar-refractivity contribution in [3.05, 3.63) is 101 Å². The van der Waals surface area contributed by atoms with Gasteiger partial charge in [-0.15, -0.1) is 0 Å². The van der Waals surface area contributed by atoms with Crippen LogP contribution in [0.2, 0.25) is 0 Å². The van der Waals surface area contributed by atoms with Gasteiger partial charge in [-0.25, -0.2) is 0 Å². The maximum Gasteiger partial charge on any atom is 0.256 e. The highest BCUT2D eigenvalue weighted by molar-refractivity contribution is 6.00. The van der Waals surface area contributed by atoms with Crippen LogP contribution in [0, 0.1) is 0 Å². The summed E-state index contributed by atoms with van der Waals surface area (Å²) in [6.45, 7) is 5.99. The van der Waals surface area contributed by atoms with E-state index in [1.807, 2.05) is 85.5 Å². The zero-order valence-corrected chi connectivity index (χ0v) is 19.4. The minimum Gasteiger partial charge on any atom is -0.361 e. The van der Waals surface area contributed by atoms with Crippen molar-refractivity contribution >= 4 is 17.5 Å². The van der Waals surface area contributed by atoms with E-state index in [1.54, 1.807) is 0 Å². The van der Waals surface area contributed by atoms with Gasteiger partial charge in [-0.3, -0.25) is 9.59 Å². The lowest BCUT2D eigenvalue weighted by atomic mass is 10.0. The molecule has 2 unspecified atom stereocenters. The Labute approximate surface area is 195 Å². The van der Waals surface area contributed by atoms with Crippen LogP contribution in [0.15, 0.2) is 78.9 Å². The van der Waals surface area contributed by atoms with Crippen molar-refractivity contribution in [2.45, 2.75) is 51.9 Å². The zero-order valence-electron chi connectivity index (χ0n) is 19.4. The van der Waals surface area contributed by atoms with Crippen molar-refractivity contribution in [1.29, 1.82) is 0 Å². The number of nitrogens with one attached hydrogen (secondary N) is 2. The van der Waals surface area contributed by atoms with Gasteiger partial charge in [0.2, 0.25) is 0 Å². The third-order valence-electron chi connectivity index (χ3n) is 6.04. The van der Waals surface area contributed by atoms with E-state index >= 15 is 0 Å². The van der Waals surface area contributed by atoms with E-state index < -0.39 is 0 Å². The molecule has 5 nitrogen and oxygen atoms in total. The Kier molecular flexibility index (Phi) is 6.78. The van der Waals surface area contributed by atoms with Crippen molar-refractivity contribution in [3.8, 4) is 0 Å². The molecule has 1 aliphatic heterocycles. The van der Waals surface area contributed by atoms with Crippen LogP contribution >= 0.6 is 0 Å². The molecule has 0 spiro atoms. The first-order chi connectivity index (χ1) is 15.9. The van der Waals surface area contributed by atoms with Crippen LogP contribution in [0.4, 0.5) is 5.69 Å². The smallest absolute Gasteiger partial charge is 0.256 e. The SMILES string of the molecule is CC(C)NC(=O)c1ccc(NC2c3ccccc3C(=O)N2C(C)CCc2ccccc2)cc1. The number of anilines is 1. The molecule has 33 heavy (non-hydrogen) atoms. The Morgan fingerprint density at radius 1 is 0.909 bits per heavy atom. The highest BCUT2D eigenvalue weighted by Crippen LogP contribution is 2.36. The lowest BCUT2D eigenvalue weighted by molar-refractivity contribution is 0.0659. The first-order valence-corrected chi connectivity index (χ1v) is 11.6. The second-order valence-electron chi connectivity index (χ2n) is 8.93. The molecule has 1 heterocycles. The van der Waals surface area contributed by atoms with Gasteiger partial charge in [0.15, 0.2) is 0 Å². The topological polar surface area (TPSA) is 61.4 Å². The highest BCUT2D eigenvalue weighted by Gasteiger charge is 2.39. The van der Waals surface area contributed by atoms with Gasteiger partial charge >= 0.3 is 0 Å². The molecule has 0 aromatic heterocycles. The molecule has 0 bridgehead atoms. The molecule has 170 valence electrons. The number of rotatable bonds is 8. The van der Waals surface area contributed by atoms with Gasteiger partial charge < -0.3 is 15.5 Å². The fourth-order valence-corrected chi connectivity index (χ4v) is 4.32. The van der Waals surface area contributed by atoms with E-state index in [1.165, 1.54) is 5.56 Å². The number of carbonyl (C=O) groups is 2. The standard InChI is InChI=1S/C28H31N3O2/c1-19(2)29-27(32)22-15-17-23(18-16-22)30-26-24-11-7-8-12-25(24)28(33)31(26)20(3)13-14-21-9-5-4-6-10-21/h4-12,15-20,26,30H,13-14H2,1-3H3,(H,29,32). The summed E-state index contributed by atoms with van der Waals surface area (Å²) in [4.78, 5) is 27.5. The number of hydrogen-bond acceptors (Lipinski definition) is 3. The Bertz CT molecular complexity index is 1110. The number of hydrogen-bond donors (Lipinski definition) is 2. The molecule has 0 saturated heterocycles. The molecule has 0 saturated carbocycles. The van der Waals surface area contributed by atoms with Gasteiger partial charge in [0.25, 0.3) is 11.8 Å². The second-order valence-corrected chi connectivity index (χ2v) is 8.93. The van der Waals surface area contributed by atoms with Crippen molar-refractivity contribution in [2.24, 2.45) is 0 Å². The monoisotopic (exact) mass is 441 g/mol. The van der Waals surface area contributed by atoms with E-state index in [0.717, 1.165) is 29.7 Å². The first kappa shape index (κ1) is 22.6. The molecule has 5 heteroatoms. The maximum absolute atomic E-state index is 13.3. The summed E-state index contributed by atoms with van der Waals surface area (Å²) in [5, 5.41) is 6.44. The molecule has 2 atom stereocenters. The number of fused-ring (bicyclic) bond motifs is 1. The van der Waals surface area contributed by atoms with Crippen LogP contribution < -0.4 is 10.6 Å². The van der Waals surface area contributed by atoms with E-state index in [4.69, 9.17) is 0 Å². The Morgan fingerprint density at radius 2 is 1.58 bits per heavy atom. The lowest BCUT2D eigenvalue weighted by Crippen LogP contribution is -2.39. The highest BCUT2D eigenvalue weighted by atomic mass is 16.2. The fraction of sp³-hybridized carbons (Fsp3) is 0.286. The Hall–Kier alpha value is -3.60. The normalized spacial score (nSPS) is 15.9. The fourth-order valence-electron chi connectivity index (χ4n) is 4.32. The van der Waals surface area contributed by atoms with E-state index in [-0.39, 0.29) is 30.1 Å². The summed E-state index contributed by atoms with van der Waals surface area (Å²) in [5.41, 5.74) is 4.48. The third-order valence-corrected chi connectivity index (χ3v) is 6.04. The maximum atomic E-state index is 13.3. The van der Waals surface area contributed by atoms with Crippen LogP contribution in [0.1, 0.15) is 65.2 Å². The lowest BCUT2D eigenvalue weighted by Gasteiger charge is -2.32. The Balaban J connectivity index is 1.53. The molecule has 0 radical (unpaired) electrons. The number of aryl methyl sites for hydroxylation is 1. The molecule has 4 rings (SSSR count). The van der Waals surface area contributed by atoms with Crippen molar-refractivity contribution in [3.63, 3.8) is 0 Å². The predicted octanol–water partition coefficient (Wildman–Crippen LogP) is 5.41. The van der Waals surface area contributed by atoms with E-state index in [2.05, 4.69) is 29.7 Å². The summed E-state index contributed by atoms with van der Waals surface area (Å²) in [6.07, 6.45) is 1.53. The van der Waals surface area contributed by atoms with Crippen LogP contribution in [0.5, 0.6) is 0 Å². The Morgan fingerprint density at radius 3 is 2.27 bits per heavy atom. The molecule has 2 amide bonds. The first-order valence-electron chi connectivity index (χ1n) is 11.6. The number of carbonyl (C=O) groups excluding carboxylic acids is 2. The molecule has 0 aliphatic carbocycles. The van der Waals surface area contributed by atoms with Gasteiger partial charge in [-0.05, 0) is 69.5 Å². The molecule has 2 N–H and O–H groups in total.